The molecule has 218 valence electrons. The maximum Gasteiger partial charge on any atom is 0.150 e. The number of benzene rings is 2. The number of hydrogen-bond donors (Lipinski definition) is 1. The number of nitrogens with zero attached hydrogens (tertiary/aromatic N) is 6. The number of piperidine rings is 1. The molecule has 2 N–H and O–H groups in total. The molecular formula is C33H39N7O2. The number of aryl methyl sites for hydroxylation is 2. The lowest BCUT2D eigenvalue weighted by Crippen LogP contribution is -2.31. The normalized spacial score (nSPS) is 15.2. The second-order valence-electron chi connectivity index (χ2n) is 10.5. The number of fused-ring (bicyclic) bond motifs is 1. The zero-order chi connectivity index (χ0) is 29.6. The van der Waals surface area contributed by atoms with Gasteiger partial charge in [-0.25, -0.2) is 19.9 Å². The lowest BCUT2D eigenvalue weighted by Gasteiger charge is -2.28. The minimum absolute atomic E-state index is 0.348. The largest absolute Gasteiger partial charge is 0.489 e. The number of aromatic nitrogens is 5. The van der Waals surface area contributed by atoms with Crippen LogP contribution in [0.4, 0.5) is 5.82 Å². The maximum atomic E-state index is 6.37. The Balaban J connectivity index is 0.00000173. The van der Waals surface area contributed by atoms with Crippen molar-refractivity contribution in [3.05, 3.63) is 90.0 Å². The first-order valence-corrected chi connectivity index (χ1v) is 14.5. The van der Waals surface area contributed by atoms with Crippen LogP contribution < -0.4 is 15.2 Å². The smallest absolute Gasteiger partial charge is 0.150 e. The highest BCUT2D eigenvalue weighted by molar-refractivity contribution is 5.85. The molecule has 4 heterocycles. The average Bonchev–Trinajstić information content (AvgIpc) is 3.39. The first kappa shape index (κ1) is 29.0. The predicted octanol–water partition coefficient (Wildman–Crippen LogP) is 6.59. The van der Waals surface area contributed by atoms with Gasteiger partial charge in [0.15, 0.2) is 0 Å². The molecule has 42 heavy (non-hydrogen) atoms. The van der Waals surface area contributed by atoms with Gasteiger partial charge >= 0.3 is 0 Å². The minimum atomic E-state index is 0.348. The highest BCUT2D eigenvalue weighted by atomic mass is 16.5. The van der Waals surface area contributed by atoms with Crippen molar-refractivity contribution in [1.82, 2.24) is 29.2 Å². The van der Waals surface area contributed by atoms with Crippen LogP contribution in [-0.2, 0) is 6.61 Å². The molecule has 0 unspecified atom stereocenters. The molecule has 6 rings (SSSR count). The van der Waals surface area contributed by atoms with Gasteiger partial charge in [-0.2, -0.15) is 0 Å². The Bertz CT molecular complexity index is 1630. The van der Waals surface area contributed by atoms with Crippen LogP contribution in [0.25, 0.3) is 16.8 Å². The molecule has 0 spiro atoms. The van der Waals surface area contributed by atoms with Gasteiger partial charge in [0.05, 0.1) is 0 Å². The molecule has 9 heteroatoms. The molecule has 3 aromatic heterocycles. The summed E-state index contributed by atoms with van der Waals surface area (Å²) in [6, 6.07) is 13.8. The van der Waals surface area contributed by atoms with Crippen LogP contribution in [0.1, 0.15) is 55.4 Å². The summed E-state index contributed by atoms with van der Waals surface area (Å²) in [6.45, 7) is 10.4. The molecule has 5 aromatic rings. The molecule has 1 saturated heterocycles. The third kappa shape index (κ3) is 6.52. The van der Waals surface area contributed by atoms with Gasteiger partial charge < -0.3 is 20.1 Å². The van der Waals surface area contributed by atoms with E-state index in [0.29, 0.717) is 24.1 Å². The van der Waals surface area contributed by atoms with Gasteiger partial charge in [-0.15, -0.1) is 0 Å². The van der Waals surface area contributed by atoms with Crippen molar-refractivity contribution < 1.29 is 9.47 Å². The number of imidazole rings is 1. The highest BCUT2D eigenvalue weighted by Gasteiger charge is 2.26. The summed E-state index contributed by atoms with van der Waals surface area (Å²) in [5.74, 6) is 4.74. The number of nitrogen functional groups attached to an aromatic ring is 1. The first-order valence-electron chi connectivity index (χ1n) is 14.5. The molecule has 1 aliphatic heterocycles. The van der Waals surface area contributed by atoms with Crippen molar-refractivity contribution in [1.29, 1.82) is 0 Å². The molecule has 0 saturated carbocycles. The maximum absolute atomic E-state index is 6.37. The highest BCUT2D eigenvalue weighted by Crippen LogP contribution is 2.35. The van der Waals surface area contributed by atoms with E-state index in [0.717, 1.165) is 77.0 Å². The Labute approximate surface area is 247 Å². The number of anilines is 1. The van der Waals surface area contributed by atoms with E-state index in [2.05, 4.69) is 31.3 Å². The van der Waals surface area contributed by atoms with Crippen LogP contribution in [0.5, 0.6) is 17.2 Å². The Kier molecular flexibility index (Phi) is 8.97. The van der Waals surface area contributed by atoms with E-state index in [4.69, 9.17) is 20.2 Å². The quantitative estimate of drug-likeness (QED) is 0.236. The van der Waals surface area contributed by atoms with Crippen LogP contribution in [0.2, 0.25) is 0 Å². The van der Waals surface area contributed by atoms with Crippen molar-refractivity contribution in [2.24, 2.45) is 0 Å². The van der Waals surface area contributed by atoms with Gasteiger partial charge in [-0.3, -0.25) is 4.40 Å². The van der Waals surface area contributed by atoms with Gasteiger partial charge in [-0.1, -0.05) is 13.8 Å². The predicted molar refractivity (Wildman–Crippen MR) is 166 cm³/mol. The third-order valence-corrected chi connectivity index (χ3v) is 7.23. The van der Waals surface area contributed by atoms with E-state index in [1.165, 1.54) is 0 Å². The zero-order valence-corrected chi connectivity index (χ0v) is 25.0. The number of likely N-dealkylation sites (N-methyl/N-ethyl adjacent to an activating group) is 1. The summed E-state index contributed by atoms with van der Waals surface area (Å²) in [7, 11) is 2.17. The second kappa shape index (κ2) is 13.0. The molecule has 1 fully saturated rings. The molecule has 0 aliphatic carbocycles. The fraction of sp³-hybridized carbons (Fsp3) is 0.333. The lowest BCUT2D eigenvalue weighted by molar-refractivity contribution is 0.245. The van der Waals surface area contributed by atoms with Crippen LogP contribution in [-0.4, -0.2) is 49.4 Å². The summed E-state index contributed by atoms with van der Waals surface area (Å²) in [6.07, 6.45) is 9.53. The summed E-state index contributed by atoms with van der Waals surface area (Å²) in [5.41, 5.74) is 11.0. The lowest BCUT2D eigenvalue weighted by atomic mass is 9.98. The van der Waals surface area contributed by atoms with Gasteiger partial charge in [0.2, 0.25) is 0 Å². The summed E-state index contributed by atoms with van der Waals surface area (Å²) < 4.78 is 14.3. The standard InChI is InChI=1S/C31H33N7O2.C2H6/c1-20-13-26(39-19-22-16-34-21(2)35-17-22)15-27(14-20)40-25-8-6-23(7-9-25)28-29-30(32)33-10-12-38(29)31(36-28)24-5-4-11-37(3)18-24;1-2/h6-10,12-17,24H,4-5,11,18-19H2,1-3H3,(H2,32,33);1-2H3/t24-;/m1./s1. The van der Waals surface area contributed by atoms with Crippen LogP contribution in [0, 0.1) is 13.8 Å². The average molecular weight is 566 g/mol. The Morgan fingerprint density at radius 2 is 1.69 bits per heavy atom. The fourth-order valence-corrected chi connectivity index (χ4v) is 5.29. The van der Waals surface area contributed by atoms with Gasteiger partial charge in [-0.05, 0) is 82.2 Å². The van der Waals surface area contributed by atoms with E-state index in [9.17, 15) is 0 Å². The van der Waals surface area contributed by atoms with Crippen LogP contribution in [0.15, 0.2) is 67.3 Å². The van der Waals surface area contributed by atoms with Crippen LogP contribution in [0.3, 0.4) is 0 Å². The Morgan fingerprint density at radius 1 is 0.952 bits per heavy atom. The van der Waals surface area contributed by atoms with Gasteiger partial charge in [0.1, 0.15) is 52.5 Å². The molecule has 1 aliphatic rings. The zero-order valence-electron chi connectivity index (χ0n) is 25.0. The number of ether oxygens (including phenoxy) is 2. The second-order valence-corrected chi connectivity index (χ2v) is 10.5. The molecular weight excluding hydrogens is 526 g/mol. The van der Waals surface area contributed by atoms with Crippen molar-refractivity contribution in [2.45, 2.75) is 53.1 Å². The third-order valence-electron chi connectivity index (χ3n) is 7.23. The number of nitrogens with two attached hydrogens (primary N) is 1. The van der Waals surface area contributed by atoms with Crippen molar-refractivity contribution >= 4 is 11.3 Å². The van der Waals surface area contributed by atoms with E-state index < -0.39 is 0 Å². The summed E-state index contributed by atoms with van der Waals surface area (Å²) >= 11 is 0. The Morgan fingerprint density at radius 3 is 2.43 bits per heavy atom. The summed E-state index contributed by atoms with van der Waals surface area (Å²) in [4.78, 5) is 20.3. The van der Waals surface area contributed by atoms with Gasteiger partial charge in [0, 0.05) is 54.4 Å². The molecule has 0 amide bonds. The van der Waals surface area contributed by atoms with Crippen LogP contribution >= 0.6 is 0 Å². The molecule has 0 radical (unpaired) electrons. The van der Waals surface area contributed by atoms with E-state index >= 15 is 0 Å². The minimum Gasteiger partial charge on any atom is -0.489 e. The van der Waals surface area contributed by atoms with E-state index in [-0.39, 0.29) is 0 Å². The monoisotopic (exact) mass is 565 g/mol. The van der Waals surface area contributed by atoms with E-state index in [1.807, 2.05) is 76.4 Å². The molecule has 9 nitrogen and oxygen atoms in total. The van der Waals surface area contributed by atoms with Crippen molar-refractivity contribution in [3.8, 4) is 28.5 Å². The molecule has 2 aromatic carbocycles. The van der Waals surface area contributed by atoms with Crippen molar-refractivity contribution in [2.75, 3.05) is 25.9 Å². The first-order chi connectivity index (χ1) is 20.4. The van der Waals surface area contributed by atoms with Crippen molar-refractivity contribution in [3.63, 3.8) is 0 Å². The number of rotatable bonds is 7. The molecule has 0 bridgehead atoms. The Hall–Kier alpha value is -4.50. The fourth-order valence-electron chi connectivity index (χ4n) is 5.29. The topological polar surface area (TPSA) is 104 Å². The number of hydrogen-bond acceptors (Lipinski definition) is 8. The SMILES string of the molecule is CC.Cc1cc(OCc2cnc(C)nc2)cc(Oc2ccc(-c3nc([C@@H]4CCCN(C)C4)n4ccnc(N)c34)cc2)c1. The van der Waals surface area contributed by atoms with E-state index in [1.54, 1.807) is 18.6 Å². The summed E-state index contributed by atoms with van der Waals surface area (Å²) in [5, 5.41) is 0. The number of likely N-dealkylation sites (tertiary alicyclic amines) is 1. The molecule has 1 atom stereocenters. The van der Waals surface area contributed by atoms with Gasteiger partial charge in [0.25, 0.3) is 0 Å².